The van der Waals surface area contributed by atoms with Crippen LogP contribution in [0.4, 0.5) is 5.69 Å². The third-order valence-electron chi connectivity index (χ3n) is 4.36. The number of rotatable bonds is 5. The minimum Gasteiger partial charge on any atom is -0.371 e. The van der Waals surface area contributed by atoms with E-state index in [-0.39, 0.29) is 0 Å². The highest BCUT2D eigenvalue weighted by atomic mass is 79.9. The summed E-state index contributed by atoms with van der Waals surface area (Å²) in [6.07, 6.45) is 8.27. The Morgan fingerprint density at radius 1 is 1.20 bits per heavy atom. The number of halogens is 1. The molecule has 1 aliphatic rings. The van der Waals surface area contributed by atoms with E-state index in [9.17, 15) is 0 Å². The van der Waals surface area contributed by atoms with Gasteiger partial charge in [0.15, 0.2) is 0 Å². The van der Waals surface area contributed by atoms with Crippen LogP contribution in [-0.2, 0) is 6.54 Å². The van der Waals surface area contributed by atoms with Crippen molar-refractivity contribution in [1.82, 2.24) is 5.32 Å². The van der Waals surface area contributed by atoms with Crippen LogP contribution in [0.5, 0.6) is 0 Å². The van der Waals surface area contributed by atoms with Gasteiger partial charge >= 0.3 is 0 Å². The molecule has 3 heteroatoms. The van der Waals surface area contributed by atoms with Crippen molar-refractivity contribution in [3.05, 3.63) is 28.2 Å². The van der Waals surface area contributed by atoms with E-state index in [0.29, 0.717) is 6.04 Å². The molecule has 1 fully saturated rings. The second-order valence-electron chi connectivity index (χ2n) is 5.81. The monoisotopic (exact) mass is 338 g/mol. The average molecular weight is 339 g/mol. The summed E-state index contributed by atoms with van der Waals surface area (Å²) in [5, 5.41) is 3.45. The molecule has 0 saturated heterocycles. The second kappa shape index (κ2) is 8.04. The molecule has 0 heterocycles. The first-order chi connectivity index (χ1) is 9.72. The maximum absolute atomic E-state index is 3.60. The minimum atomic E-state index is 0.707. The Labute approximate surface area is 132 Å². The molecule has 0 radical (unpaired) electrons. The van der Waals surface area contributed by atoms with Gasteiger partial charge in [0, 0.05) is 29.8 Å². The van der Waals surface area contributed by atoms with Gasteiger partial charge in [-0.1, -0.05) is 48.5 Å². The second-order valence-corrected chi connectivity index (χ2v) is 6.73. The summed E-state index contributed by atoms with van der Waals surface area (Å²) in [5.41, 5.74) is 2.79. The van der Waals surface area contributed by atoms with Crippen LogP contribution in [0.25, 0.3) is 0 Å². The molecule has 1 N–H and O–H groups in total. The lowest BCUT2D eigenvalue weighted by Crippen LogP contribution is -2.32. The van der Waals surface area contributed by atoms with Crippen molar-refractivity contribution in [2.45, 2.75) is 58.0 Å². The fourth-order valence-electron chi connectivity index (χ4n) is 3.14. The highest BCUT2D eigenvalue weighted by molar-refractivity contribution is 9.10. The summed E-state index contributed by atoms with van der Waals surface area (Å²) in [6, 6.07) is 7.39. The first-order valence-electron chi connectivity index (χ1n) is 7.94. The third-order valence-corrected chi connectivity index (χ3v) is 4.85. The van der Waals surface area contributed by atoms with Gasteiger partial charge in [-0.2, -0.15) is 0 Å². The van der Waals surface area contributed by atoms with E-state index < -0.39 is 0 Å². The van der Waals surface area contributed by atoms with Gasteiger partial charge in [-0.3, -0.25) is 0 Å². The molecular weight excluding hydrogens is 312 g/mol. The molecule has 112 valence electrons. The zero-order valence-corrected chi connectivity index (χ0v) is 14.4. The third kappa shape index (κ3) is 4.23. The molecule has 0 bridgehead atoms. The SMILES string of the molecule is CCNCc1cc(Br)ccc1N(C)C1CCCCCC1. The van der Waals surface area contributed by atoms with Crippen LogP contribution in [-0.4, -0.2) is 19.6 Å². The van der Waals surface area contributed by atoms with Crippen LogP contribution in [0.3, 0.4) is 0 Å². The van der Waals surface area contributed by atoms with Gasteiger partial charge in [0.2, 0.25) is 0 Å². The number of nitrogens with one attached hydrogen (secondary N) is 1. The van der Waals surface area contributed by atoms with Gasteiger partial charge in [-0.25, -0.2) is 0 Å². The predicted octanol–water partition coefficient (Wildman–Crippen LogP) is 4.72. The first kappa shape index (κ1) is 15.8. The lowest BCUT2D eigenvalue weighted by atomic mass is 10.0. The number of hydrogen-bond acceptors (Lipinski definition) is 2. The van der Waals surface area contributed by atoms with Crippen LogP contribution in [0.1, 0.15) is 51.0 Å². The average Bonchev–Trinajstić information content (AvgIpc) is 2.73. The molecule has 1 aliphatic carbocycles. The molecule has 0 amide bonds. The number of hydrogen-bond donors (Lipinski definition) is 1. The summed E-state index contributed by atoms with van der Waals surface area (Å²) in [5.74, 6) is 0. The van der Waals surface area contributed by atoms with Crippen molar-refractivity contribution >= 4 is 21.6 Å². The van der Waals surface area contributed by atoms with Gasteiger partial charge in [-0.15, -0.1) is 0 Å². The Balaban J connectivity index is 2.16. The first-order valence-corrected chi connectivity index (χ1v) is 8.73. The fraction of sp³-hybridized carbons (Fsp3) is 0.647. The van der Waals surface area contributed by atoms with Gasteiger partial charge in [0.1, 0.15) is 0 Å². The van der Waals surface area contributed by atoms with Gasteiger partial charge in [-0.05, 0) is 43.1 Å². The van der Waals surface area contributed by atoms with Crippen molar-refractivity contribution < 1.29 is 0 Å². The summed E-state index contributed by atoms with van der Waals surface area (Å²) in [7, 11) is 2.27. The number of anilines is 1. The van der Waals surface area contributed by atoms with Crippen molar-refractivity contribution in [3.8, 4) is 0 Å². The molecule has 0 spiro atoms. The summed E-state index contributed by atoms with van der Waals surface area (Å²) in [6.45, 7) is 4.12. The largest absolute Gasteiger partial charge is 0.371 e. The highest BCUT2D eigenvalue weighted by Gasteiger charge is 2.19. The van der Waals surface area contributed by atoms with Crippen molar-refractivity contribution in [2.24, 2.45) is 0 Å². The lowest BCUT2D eigenvalue weighted by Gasteiger charge is -2.31. The van der Waals surface area contributed by atoms with E-state index >= 15 is 0 Å². The van der Waals surface area contributed by atoms with Crippen LogP contribution in [0.15, 0.2) is 22.7 Å². The van der Waals surface area contributed by atoms with Crippen LogP contribution in [0, 0.1) is 0 Å². The summed E-state index contributed by atoms with van der Waals surface area (Å²) >= 11 is 3.60. The lowest BCUT2D eigenvalue weighted by molar-refractivity contribution is 0.550. The smallest absolute Gasteiger partial charge is 0.0412 e. The molecule has 0 aromatic heterocycles. The van der Waals surface area contributed by atoms with E-state index in [4.69, 9.17) is 0 Å². The van der Waals surface area contributed by atoms with Crippen molar-refractivity contribution in [2.75, 3.05) is 18.5 Å². The Morgan fingerprint density at radius 2 is 1.90 bits per heavy atom. The van der Waals surface area contributed by atoms with E-state index in [1.54, 1.807) is 0 Å². The maximum Gasteiger partial charge on any atom is 0.0412 e. The van der Waals surface area contributed by atoms with Crippen LogP contribution in [0.2, 0.25) is 0 Å². The quantitative estimate of drug-likeness (QED) is 0.781. The predicted molar refractivity (Wildman–Crippen MR) is 91.4 cm³/mol. The molecule has 0 unspecified atom stereocenters. The Morgan fingerprint density at radius 3 is 2.55 bits per heavy atom. The van der Waals surface area contributed by atoms with Gasteiger partial charge in [0.25, 0.3) is 0 Å². The Kier molecular flexibility index (Phi) is 6.37. The van der Waals surface area contributed by atoms with Gasteiger partial charge < -0.3 is 10.2 Å². The van der Waals surface area contributed by atoms with Crippen molar-refractivity contribution in [3.63, 3.8) is 0 Å². The Bertz CT molecular complexity index is 411. The zero-order valence-electron chi connectivity index (χ0n) is 12.8. The maximum atomic E-state index is 3.60. The summed E-state index contributed by atoms with van der Waals surface area (Å²) in [4.78, 5) is 2.52. The minimum absolute atomic E-state index is 0.707. The molecular formula is C17H27BrN2. The fourth-order valence-corrected chi connectivity index (χ4v) is 3.55. The zero-order chi connectivity index (χ0) is 14.4. The number of nitrogens with zero attached hydrogens (tertiary/aromatic N) is 1. The normalized spacial score (nSPS) is 16.9. The van der Waals surface area contributed by atoms with Crippen LogP contribution >= 0.6 is 15.9 Å². The standard InChI is InChI=1S/C17H27BrN2/c1-3-19-13-14-12-15(18)10-11-17(14)20(2)16-8-6-4-5-7-9-16/h10-12,16,19H,3-9,13H2,1-2H3. The molecule has 20 heavy (non-hydrogen) atoms. The molecule has 2 nitrogen and oxygen atoms in total. The summed E-state index contributed by atoms with van der Waals surface area (Å²) < 4.78 is 1.17. The van der Waals surface area contributed by atoms with E-state index in [0.717, 1.165) is 13.1 Å². The molecule has 0 atom stereocenters. The van der Waals surface area contributed by atoms with Crippen LogP contribution < -0.4 is 10.2 Å². The van der Waals surface area contributed by atoms with Crippen molar-refractivity contribution in [1.29, 1.82) is 0 Å². The Hall–Kier alpha value is -0.540. The van der Waals surface area contributed by atoms with Gasteiger partial charge in [0.05, 0.1) is 0 Å². The molecule has 0 aliphatic heterocycles. The van der Waals surface area contributed by atoms with E-state index in [2.05, 4.69) is 58.3 Å². The highest BCUT2D eigenvalue weighted by Crippen LogP contribution is 2.29. The molecule has 1 aromatic rings. The number of benzene rings is 1. The van der Waals surface area contributed by atoms with E-state index in [1.807, 2.05) is 0 Å². The van der Waals surface area contributed by atoms with E-state index in [1.165, 1.54) is 54.2 Å². The molecule has 2 rings (SSSR count). The molecule has 1 aromatic carbocycles. The topological polar surface area (TPSA) is 15.3 Å². The molecule has 1 saturated carbocycles.